The van der Waals surface area contributed by atoms with Crippen LogP contribution in [0, 0.1) is 6.92 Å². The summed E-state index contributed by atoms with van der Waals surface area (Å²) in [6.07, 6.45) is 0. The number of aryl methyl sites for hydroxylation is 1. The molecule has 0 saturated carbocycles. The molecule has 0 fully saturated rings. The summed E-state index contributed by atoms with van der Waals surface area (Å²) in [5.41, 5.74) is 2.18. The van der Waals surface area contributed by atoms with Crippen LogP contribution in [0.3, 0.4) is 0 Å². The first-order valence-corrected chi connectivity index (χ1v) is 9.79. The van der Waals surface area contributed by atoms with E-state index in [1.54, 1.807) is 0 Å². The zero-order valence-corrected chi connectivity index (χ0v) is 15.7. The molecule has 0 spiro atoms. The summed E-state index contributed by atoms with van der Waals surface area (Å²) >= 11 is 6.60. The molecule has 0 atom stereocenters. The molecular formula is C14H11Br2ClO3S. The Morgan fingerprint density at radius 1 is 1.14 bits per heavy atom. The molecule has 3 nitrogen and oxygen atoms in total. The van der Waals surface area contributed by atoms with Crippen molar-refractivity contribution >= 4 is 51.6 Å². The fraction of sp³-hybridized carbons (Fsp3) is 0.143. The molecule has 0 unspecified atom stereocenters. The maximum absolute atomic E-state index is 11.3. The Morgan fingerprint density at radius 2 is 1.76 bits per heavy atom. The maximum atomic E-state index is 11.3. The van der Waals surface area contributed by atoms with Gasteiger partial charge in [-0.3, -0.25) is 0 Å². The molecule has 2 aromatic rings. The third-order valence-corrected chi connectivity index (χ3v) is 5.23. The Hall–Kier alpha value is -0.560. The molecule has 2 rings (SSSR count). The minimum atomic E-state index is -3.78. The van der Waals surface area contributed by atoms with Gasteiger partial charge in [-0.15, -0.1) is 0 Å². The fourth-order valence-electron chi connectivity index (χ4n) is 1.77. The zero-order valence-electron chi connectivity index (χ0n) is 10.9. The standard InChI is InChI=1S/C14H11Br2ClO3S/c1-9-3-2-4-10(5-9)8-20-14-12(15)6-11(7-13(14)16)21(17,18)19/h2-7H,8H2,1H3. The predicted octanol–water partition coefficient (Wildman–Crippen LogP) is 5.03. The van der Waals surface area contributed by atoms with Gasteiger partial charge in [-0.2, -0.15) is 0 Å². The third-order valence-electron chi connectivity index (χ3n) is 2.72. The van der Waals surface area contributed by atoms with Crippen molar-refractivity contribution in [3.05, 3.63) is 56.5 Å². The molecule has 0 aromatic heterocycles. The van der Waals surface area contributed by atoms with Gasteiger partial charge in [0.25, 0.3) is 9.05 Å². The molecule has 0 aliphatic rings. The Morgan fingerprint density at radius 3 is 2.29 bits per heavy atom. The van der Waals surface area contributed by atoms with Crippen molar-refractivity contribution in [1.82, 2.24) is 0 Å². The number of rotatable bonds is 4. The van der Waals surface area contributed by atoms with E-state index in [1.165, 1.54) is 12.1 Å². The van der Waals surface area contributed by atoms with Crippen molar-refractivity contribution in [2.45, 2.75) is 18.4 Å². The molecule has 7 heteroatoms. The van der Waals surface area contributed by atoms with E-state index in [9.17, 15) is 8.42 Å². The number of ether oxygens (including phenoxy) is 1. The van der Waals surface area contributed by atoms with Gasteiger partial charge in [-0.25, -0.2) is 8.42 Å². The fourth-order valence-corrected chi connectivity index (χ4v) is 4.28. The highest BCUT2D eigenvalue weighted by atomic mass is 79.9. The Bertz CT molecular complexity index is 753. The zero-order chi connectivity index (χ0) is 15.6. The first-order valence-electron chi connectivity index (χ1n) is 5.89. The van der Waals surface area contributed by atoms with E-state index in [4.69, 9.17) is 15.4 Å². The minimum absolute atomic E-state index is 0.00539. The first kappa shape index (κ1) is 16.8. The third kappa shape index (κ3) is 4.45. The van der Waals surface area contributed by atoms with Crippen molar-refractivity contribution in [2.24, 2.45) is 0 Å². The van der Waals surface area contributed by atoms with Gasteiger partial charge in [-0.05, 0) is 56.5 Å². The summed E-state index contributed by atoms with van der Waals surface area (Å²) in [6.45, 7) is 2.39. The smallest absolute Gasteiger partial charge is 0.261 e. The van der Waals surface area contributed by atoms with Gasteiger partial charge in [0.2, 0.25) is 0 Å². The van der Waals surface area contributed by atoms with Gasteiger partial charge >= 0.3 is 0 Å². The summed E-state index contributed by atoms with van der Waals surface area (Å²) in [5.74, 6) is 0.528. The second-order valence-electron chi connectivity index (χ2n) is 4.43. The minimum Gasteiger partial charge on any atom is -0.487 e. The summed E-state index contributed by atoms with van der Waals surface area (Å²) in [6, 6.07) is 10.8. The highest BCUT2D eigenvalue weighted by Crippen LogP contribution is 2.37. The average Bonchev–Trinajstić information content (AvgIpc) is 2.36. The quantitative estimate of drug-likeness (QED) is 0.609. The van der Waals surface area contributed by atoms with Crippen molar-refractivity contribution < 1.29 is 13.2 Å². The number of hydrogen-bond donors (Lipinski definition) is 0. The Kier molecular flexibility index (Phi) is 5.35. The molecule has 112 valence electrons. The summed E-state index contributed by atoms with van der Waals surface area (Å²) in [5, 5.41) is 0. The number of hydrogen-bond acceptors (Lipinski definition) is 3. The first-order chi connectivity index (χ1) is 9.77. The Balaban J connectivity index is 2.25. The van der Waals surface area contributed by atoms with Crippen LogP contribution in [0.2, 0.25) is 0 Å². The summed E-state index contributed by atoms with van der Waals surface area (Å²) < 4.78 is 29.5. The van der Waals surface area contributed by atoms with E-state index < -0.39 is 9.05 Å². The topological polar surface area (TPSA) is 43.4 Å². The molecule has 0 aliphatic heterocycles. The average molecular weight is 455 g/mol. The molecule has 0 aliphatic carbocycles. The lowest BCUT2D eigenvalue weighted by atomic mass is 10.1. The van der Waals surface area contributed by atoms with Crippen molar-refractivity contribution in [2.75, 3.05) is 0 Å². The van der Waals surface area contributed by atoms with Gasteiger partial charge < -0.3 is 4.74 Å². The van der Waals surface area contributed by atoms with E-state index in [0.29, 0.717) is 21.3 Å². The largest absolute Gasteiger partial charge is 0.487 e. The summed E-state index contributed by atoms with van der Waals surface area (Å²) in [7, 11) is 1.55. The van der Waals surface area contributed by atoms with Crippen LogP contribution in [-0.4, -0.2) is 8.42 Å². The summed E-state index contributed by atoms with van der Waals surface area (Å²) in [4.78, 5) is 0.00539. The highest BCUT2D eigenvalue weighted by Gasteiger charge is 2.16. The monoisotopic (exact) mass is 452 g/mol. The molecule has 0 radical (unpaired) electrons. The molecule has 0 N–H and O–H groups in total. The highest BCUT2D eigenvalue weighted by molar-refractivity contribution is 9.11. The molecule has 21 heavy (non-hydrogen) atoms. The normalized spacial score (nSPS) is 11.4. The second-order valence-corrected chi connectivity index (χ2v) is 8.71. The lowest BCUT2D eigenvalue weighted by Gasteiger charge is -2.12. The number of halogens is 3. The van der Waals surface area contributed by atoms with Gasteiger partial charge in [0.1, 0.15) is 12.4 Å². The van der Waals surface area contributed by atoms with Crippen LogP contribution < -0.4 is 4.74 Å². The van der Waals surface area contributed by atoms with Crippen molar-refractivity contribution in [3.8, 4) is 5.75 Å². The van der Waals surface area contributed by atoms with E-state index in [-0.39, 0.29) is 4.90 Å². The second kappa shape index (κ2) is 6.69. The molecule has 0 bridgehead atoms. The van der Waals surface area contributed by atoms with Crippen LogP contribution in [0.15, 0.2) is 50.2 Å². The molecule has 2 aromatic carbocycles. The molecular weight excluding hydrogens is 443 g/mol. The van der Waals surface area contributed by atoms with E-state index in [1.807, 2.05) is 31.2 Å². The van der Waals surface area contributed by atoms with Crippen LogP contribution >= 0.6 is 42.5 Å². The van der Waals surface area contributed by atoms with Gasteiger partial charge in [0, 0.05) is 10.7 Å². The molecule has 0 amide bonds. The van der Waals surface area contributed by atoms with Crippen molar-refractivity contribution in [1.29, 1.82) is 0 Å². The van der Waals surface area contributed by atoms with Gasteiger partial charge in [-0.1, -0.05) is 29.8 Å². The maximum Gasteiger partial charge on any atom is 0.261 e. The van der Waals surface area contributed by atoms with Gasteiger partial charge in [0.05, 0.1) is 13.8 Å². The van der Waals surface area contributed by atoms with Crippen LogP contribution in [0.5, 0.6) is 5.75 Å². The van der Waals surface area contributed by atoms with E-state index in [0.717, 1.165) is 11.1 Å². The lowest BCUT2D eigenvalue weighted by Crippen LogP contribution is -1.99. The van der Waals surface area contributed by atoms with Gasteiger partial charge in [0.15, 0.2) is 0 Å². The predicted molar refractivity (Wildman–Crippen MR) is 90.4 cm³/mol. The number of benzene rings is 2. The van der Waals surface area contributed by atoms with E-state index in [2.05, 4.69) is 31.9 Å². The van der Waals surface area contributed by atoms with Crippen molar-refractivity contribution in [3.63, 3.8) is 0 Å². The molecule has 0 saturated heterocycles. The van der Waals surface area contributed by atoms with Crippen LogP contribution in [0.1, 0.15) is 11.1 Å². The van der Waals surface area contributed by atoms with Crippen LogP contribution in [-0.2, 0) is 15.7 Å². The Labute approximate surface area is 144 Å². The van der Waals surface area contributed by atoms with Crippen LogP contribution in [0.25, 0.3) is 0 Å². The molecule has 0 heterocycles. The van der Waals surface area contributed by atoms with Crippen LogP contribution in [0.4, 0.5) is 0 Å². The van der Waals surface area contributed by atoms with E-state index >= 15 is 0 Å². The lowest BCUT2D eigenvalue weighted by molar-refractivity contribution is 0.302. The SMILES string of the molecule is Cc1cccc(COc2c(Br)cc(S(=O)(=O)Cl)cc2Br)c1.